The van der Waals surface area contributed by atoms with Crippen LogP contribution in [0.2, 0.25) is 5.02 Å². The molecule has 174 valence electrons. The number of aliphatic imine (C=N–C) groups is 1. The Balaban J connectivity index is 1.66. The van der Waals surface area contributed by atoms with Crippen LogP contribution in [0.1, 0.15) is 30.5 Å². The number of aliphatic carboxylic acids is 1. The SMILES string of the molecule is CC1=NC(=O)N(CCCN(C)C(=O)OCc2ccccc2)C(c2cccc(Cl)c2)C1C(=O)O. The van der Waals surface area contributed by atoms with E-state index in [9.17, 15) is 19.5 Å². The molecule has 1 aliphatic rings. The molecule has 0 aliphatic carbocycles. The van der Waals surface area contributed by atoms with Crippen LogP contribution >= 0.6 is 11.6 Å². The second-order valence-corrected chi connectivity index (χ2v) is 8.30. The third kappa shape index (κ3) is 6.10. The van der Waals surface area contributed by atoms with Crippen LogP contribution in [0.25, 0.3) is 0 Å². The number of hydrogen-bond acceptors (Lipinski definition) is 4. The van der Waals surface area contributed by atoms with E-state index in [4.69, 9.17) is 16.3 Å². The number of amides is 3. The molecule has 1 heterocycles. The lowest BCUT2D eigenvalue weighted by atomic mass is 9.87. The van der Waals surface area contributed by atoms with Gasteiger partial charge in [-0.15, -0.1) is 0 Å². The zero-order valence-corrected chi connectivity index (χ0v) is 19.2. The molecule has 8 nitrogen and oxygen atoms in total. The molecule has 33 heavy (non-hydrogen) atoms. The molecule has 0 bridgehead atoms. The van der Waals surface area contributed by atoms with Gasteiger partial charge in [0.25, 0.3) is 0 Å². The molecular weight excluding hydrogens is 446 g/mol. The number of urea groups is 1. The summed E-state index contributed by atoms with van der Waals surface area (Å²) in [5.74, 6) is -2.06. The van der Waals surface area contributed by atoms with Crippen molar-refractivity contribution in [3.63, 3.8) is 0 Å². The lowest BCUT2D eigenvalue weighted by Gasteiger charge is -2.38. The first-order valence-electron chi connectivity index (χ1n) is 10.5. The normalized spacial score (nSPS) is 18.0. The Morgan fingerprint density at radius 1 is 1.18 bits per heavy atom. The van der Waals surface area contributed by atoms with Gasteiger partial charge in [0.2, 0.25) is 0 Å². The monoisotopic (exact) mass is 471 g/mol. The molecule has 2 aromatic rings. The number of carbonyl (C=O) groups is 3. The molecule has 0 aromatic heterocycles. The van der Waals surface area contributed by atoms with Crippen molar-refractivity contribution < 1.29 is 24.2 Å². The molecule has 9 heteroatoms. The number of benzene rings is 2. The maximum Gasteiger partial charge on any atom is 0.409 e. The van der Waals surface area contributed by atoms with Gasteiger partial charge in [-0.2, -0.15) is 0 Å². The van der Waals surface area contributed by atoms with Crippen LogP contribution in [0.5, 0.6) is 0 Å². The molecule has 2 aromatic carbocycles. The maximum absolute atomic E-state index is 12.7. The van der Waals surface area contributed by atoms with Gasteiger partial charge in [0.15, 0.2) is 0 Å². The van der Waals surface area contributed by atoms with Crippen LogP contribution in [0.3, 0.4) is 0 Å². The average molecular weight is 472 g/mol. The fraction of sp³-hybridized carbons (Fsp3) is 0.333. The van der Waals surface area contributed by atoms with E-state index in [1.54, 1.807) is 38.2 Å². The number of hydrogen-bond donors (Lipinski definition) is 1. The molecule has 2 unspecified atom stereocenters. The van der Waals surface area contributed by atoms with E-state index in [0.717, 1.165) is 5.56 Å². The third-order valence-electron chi connectivity index (χ3n) is 5.48. The zero-order valence-electron chi connectivity index (χ0n) is 18.5. The number of carboxylic acids is 1. The van der Waals surface area contributed by atoms with Gasteiger partial charge in [-0.05, 0) is 36.6 Å². The highest BCUT2D eigenvalue weighted by molar-refractivity contribution is 6.30. The van der Waals surface area contributed by atoms with E-state index in [2.05, 4.69) is 4.99 Å². The largest absolute Gasteiger partial charge is 0.481 e. The van der Waals surface area contributed by atoms with E-state index >= 15 is 0 Å². The molecule has 1 aliphatic heterocycles. The van der Waals surface area contributed by atoms with Crippen molar-refractivity contribution >= 4 is 35.4 Å². The van der Waals surface area contributed by atoms with Gasteiger partial charge in [-0.1, -0.05) is 54.1 Å². The summed E-state index contributed by atoms with van der Waals surface area (Å²) in [6.07, 6.45) is -0.0619. The van der Waals surface area contributed by atoms with Crippen LogP contribution < -0.4 is 0 Å². The minimum Gasteiger partial charge on any atom is -0.481 e. The summed E-state index contributed by atoms with van der Waals surface area (Å²) in [7, 11) is 1.61. The summed E-state index contributed by atoms with van der Waals surface area (Å²) >= 11 is 6.13. The van der Waals surface area contributed by atoms with Crippen LogP contribution in [0.4, 0.5) is 9.59 Å². The Morgan fingerprint density at radius 2 is 1.91 bits per heavy atom. The number of ether oxygens (including phenoxy) is 1. The number of nitrogens with zero attached hydrogens (tertiary/aromatic N) is 3. The molecule has 3 amide bonds. The topological polar surface area (TPSA) is 99.5 Å². The van der Waals surface area contributed by atoms with Gasteiger partial charge in [0.1, 0.15) is 12.5 Å². The Morgan fingerprint density at radius 3 is 2.58 bits per heavy atom. The van der Waals surface area contributed by atoms with Gasteiger partial charge < -0.3 is 19.6 Å². The molecule has 3 rings (SSSR count). The molecule has 0 saturated heterocycles. The van der Waals surface area contributed by atoms with E-state index in [1.807, 2.05) is 30.3 Å². The number of carbonyl (C=O) groups excluding carboxylic acids is 2. The average Bonchev–Trinajstić information content (AvgIpc) is 2.78. The van der Waals surface area contributed by atoms with Gasteiger partial charge in [0.05, 0.1) is 6.04 Å². The summed E-state index contributed by atoms with van der Waals surface area (Å²) in [4.78, 5) is 43.8. The second kappa shape index (κ2) is 11.0. The van der Waals surface area contributed by atoms with E-state index in [1.165, 1.54) is 9.80 Å². The molecule has 1 N–H and O–H groups in total. The lowest BCUT2D eigenvalue weighted by Crippen LogP contribution is -2.47. The molecule has 0 fully saturated rings. The predicted octanol–water partition coefficient (Wildman–Crippen LogP) is 4.64. The van der Waals surface area contributed by atoms with E-state index < -0.39 is 30.1 Å². The van der Waals surface area contributed by atoms with Crippen molar-refractivity contribution in [1.82, 2.24) is 9.80 Å². The molecular formula is C24H26ClN3O5. The molecule has 0 spiro atoms. The number of rotatable bonds is 8. The highest BCUT2D eigenvalue weighted by Gasteiger charge is 2.42. The van der Waals surface area contributed by atoms with Crippen LogP contribution in [0.15, 0.2) is 59.6 Å². The summed E-state index contributed by atoms with van der Waals surface area (Å²) in [5.41, 5.74) is 1.75. The summed E-state index contributed by atoms with van der Waals surface area (Å²) < 4.78 is 5.31. The van der Waals surface area contributed by atoms with Gasteiger partial charge in [-0.3, -0.25) is 4.79 Å². The Kier molecular flexibility index (Phi) is 8.06. The lowest BCUT2D eigenvalue weighted by molar-refractivity contribution is -0.141. The van der Waals surface area contributed by atoms with Crippen LogP contribution in [-0.4, -0.2) is 58.8 Å². The number of halogens is 1. The van der Waals surface area contributed by atoms with E-state index in [0.29, 0.717) is 23.6 Å². The van der Waals surface area contributed by atoms with Crippen molar-refractivity contribution in [2.45, 2.75) is 26.0 Å². The van der Waals surface area contributed by atoms with Gasteiger partial charge in [0, 0.05) is 30.9 Å². The fourth-order valence-corrected chi connectivity index (χ4v) is 4.02. The van der Waals surface area contributed by atoms with Crippen molar-refractivity contribution in [2.75, 3.05) is 20.1 Å². The van der Waals surface area contributed by atoms with Crippen LogP contribution in [-0.2, 0) is 16.1 Å². The van der Waals surface area contributed by atoms with Crippen molar-refractivity contribution in [2.24, 2.45) is 10.9 Å². The minimum absolute atomic E-state index is 0.166. The minimum atomic E-state index is -1.07. The summed E-state index contributed by atoms with van der Waals surface area (Å²) in [6.45, 7) is 2.24. The van der Waals surface area contributed by atoms with Gasteiger partial charge >= 0.3 is 18.1 Å². The molecule has 2 atom stereocenters. The highest BCUT2D eigenvalue weighted by atomic mass is 35.5. The highest BCUT2D eigenvalue weighted by Crippen LogP contribution is 2.35. The standard InChI is InChI=1S/C24H26ClN3O5/c1-16-20(22(29)30)21(18-10-6-11-19(25)14-18)28(23(31)26-16)13-7-12-27(2)24(32)33-15-17-8-4-3-5-9-17/h3-6,8-11,14,20-21H,7,12-13,15H2,1-2H3,(H,29,30). The first kappa shape index (κ1) is 24.3. The van der Waals surface area contributed by atoms with Crippen molar-refractivity contribution in [3.05, 3.63) is 70.7 Å². The summed E-state index contributed by atoms with van der Waals surface area (Å²) in [6, 6.07) is 14.9. The van der Waals surface area contributed by atoms with Crippen LogP contribution in [0, 0.1) is 5.92 Å². The van der Waals surface area contributed by atoms with Crippen molar-refractivity contribution in [1.29, 1.82) is 0 Å². The Bertz CT molecular complexity index is 1040. The first-order chi connectivity index (χ1) is 15.8. The maximum atomic E-state index is 12.7. The smallest absolute Gasteiger partial charge is 0.409 e. The van der Waals surface area contributed by atoms with E-state index in [-0.39, 0.29) is 18.9 Å². The predicted molar refractivity (Wildman–Crippen MR) is 124 cm³/mol. The molecule has 0 radical (unpaired) electrons. The third-order valence-corrected chi connectivity index (χ3v) is 5.72. The summed E-state index contributed by atoms with van der Waals surface area (Å²) in [5, 5.41) is 10.3. The first-order valence-corrected chi connectivity index (χ1v) is 10.9. The molecule has 0 saturated carbocycles. The van der Waals surface area contributed by atoms with Gasteiger partial charge in [-0.25, -0.2) is 14.6 Å². The quantitative estimate of drug-likeness (QED) is 0.604. The second-order valence-electron chi connectivity index (χ2n) is 7.86. The zero-order chi connectivity index (χ0) is 24.0. The van der Waals surface area contributed by atoms with Crippen molar-refractivity contribution in [3.8, 4) is 0 Å². The number of carboxylic acid groups (broad SMARTS) is 1. The fourth-order valence-electron chi connectivity index (χ4n) is 3.82. The Hall–Kier alpha value is -3.39. The Labute approximate surface area is 197 Å².